The third kappa shape index (κ3) is 5.34. The molecule has 0 aliphatic heterocycles. The van der Waals surface area contributed by atoms with Gasteiger partial charge in [0.1, 0.15) is 5.65 Å². The summed E-state index contributed by atoms with van der Waals surface area (Å²) in [5.41, 5.74) is 8.50. The molecule has 0 radical (unpaired) electrons. The van der Waals surface area contributed by atoms with Crippen LogP contribution in [0.15, 0.2) is 103 Å². The largest absolute Gasteiger partial charge is 0.341 e. The van der Waals surface area contributed by atoms with Crippen molar-refractivity contribution in [2.75, 3.05) is 13.6 Å². The number of pyridine rings is 1. The lowest BCUT2D eigenvalue weighted by Gasteiger charge is -2.20. The van der Waals surface area contributed by atoms with Crippen LogP contribution < -0.4 is 0 Å². The molecular formula is C33H33N3O. The van der Waals surface area contributed by atoms with Crippen LogP contribution in [0.5, 0.6) is 0 Å². The zero-order valence-electron chi connectivity index (χ0n) is 22.0. The quantitative estimate of drug-likeness (QED) is 0.252. The van der Waals surface area contributed by atoms with Gasteiger partial charge in [0.15, 0.2) is 0 Å². The van der Waals surface area contributed by atoms with E-state index in [1.165, 1.54) is 11.1 Å². The Bertz CT molecular complexity index is 1510. The van der Waals surface area contributed by atoms with Crippen LogP contribution in [0.2, 0.25) is 0 Å². The molecule has 5 rings (SSSR count). The first-order chi connectivity index (χ1) is 17.8. The second-order valence-electron chi connectivity index (χ2n) is 10.6. The number of rotatable bonds is 6. The Balaban J connectivity index is 1.35. The Hall–Kier alpha value is -4.18. The molecule has 5 aromatic rings. The highest BCUT2D eigenvalue weighted by molar-refractivity contribution is 5.96. The van der Waals surface area contributed by atoms with Crippen LogP contribution in [0.25, 0.3) is 27.9 Å². The van der Waals surface area contributed by atoms with E-state index >= 15 is 0 Å². The normalized spacial score (nSPS) is 11.6. The third-order valence-corrected chi connectivity index (χ3v) is 6.87. The van der Waals surface area contributed by atoms with Crippen LogP contribution >= 0.6 is 0 Å². The molecule has 0 saturated carbocycles. The molecule has 2 heterocycles. The molecule has 0 bridgehead atoms. The lowest BCUT2D eigenvalue weighted by atomic mass is 9.85. The van der Waals surface area contributed by atoms with Gasteiger partial charge < -0.3 is 9.30 Å². The minimum absolute atomic E-state index is 0.0117. The average Bonchev–Trinajstić information content (AvgIpc) is 3.34. The SMILES string of the molecule is CN(CCc1cn2ccccc2n1)C(=O)c1cccc(-c2ccccc2-c2ccc(C(C)(C)C)cc2)c1. The van der Waals surface area contributed by atoms with Crippen LogP contribution in [0.1, 0.15) is 42.4 Å². The first-order valence-corrected chi connectivity index (χ1v) is 12.8. The van der Waals surface area contributed by atoms with Crippen molar-refractivity contribution in [2.24, 2.45) is 0 Å². The van der Waals surface area contributed by atoms with Crippen molar-refractivity contribution in [1.29, 1.82) is 0 Å². The van der Waals surface area contributed by atoms with Gasteiger partial charge in [-0.2, -0.15) is 0 Å². The van der Waals surface area contributed by atoms with Gasteiger partial charge >= 0.3 is 0 Å². The van der Waals surface area contributed by atoms with Crippen molar-refractivity contribution in [2.45, 2.75) is 32.6 Å². The molecule has 0 saturated heterocycles. The zero-order valence-corrected chi connectivity index (χ0v) is 22.0. The standard InChI is InChI=1S/C33H33N3O/c1-33(2,3)27-17-15-24(16-18-27)29-12-5-6-13-30(29)25-10-9-11-26(22-25)32(37)35(4)21-19-28-23-36-20-8-7-14-31(36)34-28/h5-18,20,22-23H,19,21H2,1-4H3. The summed E-state index contributed by atoms with van der Waals surface area (Å²) in [7, 11) is 1.86. The summed E-state index contributed by atoms with van der Waals surface area (Å²) >= 11 is 0. The van der Waals surface area contributed by atoms with E-state index in [-0.39, 0.29) is 11.3 Å². The van der Waals surface area contributed by atoms with Gasteiger partial charge in [-0.25, -0.2) is 4.98 Å². The van der Waals surface area contributed by atoms with E-state index in [0.717, 1.165) is 28.0 Å². The fourth-order valence-electron chi connectivity index (χ4n) is 4.67. The van der Waals surface area contributed by atoms with Gasteiger partial charge in [0.05, 0.1) is 5.69 Å². The van der Waals surface area contributed by atoms with Crippen LogP contribution in [-0.4, -0.2) is 33.8 Å². The molecule has 4 heteroatoms. The molecule has 186 valence electrons. The van der Waals surface area contributed by atoms with Crippen LogP contribution in [0, 0.1) is 0 Å². The molecule has 2 aromatic heterocycles. The maximum atomic E-state index is 13.3. The predicted molar refractivity (Wildman–Crippen MR) is 152 cm³/mol. The topological polar surface area (TPSA) is 37.6 Å². The molecule has 3 aromatic carbocycles. The second-order valence-corrected chi connectivity index (χ2v) is 10.6. The third-order valence-electron chi connectivity index (χ3n) is 6.87. The summed E-state index contributed by atoms with van der Waals surface area (Å²) in [5.74, 6) is 0.0117. The van der Waals surface area contributed by atoms with Crippen LogP contribution in [0.3, 0.4) is 0 Å². The van der Waals surface area contributed by atoms with Crippen LogP contribution in [-0.2, 0) is 11.8 Å². The van der Waals surface area contributed by atoms with E-state index in [0.29, 0.717) is 18.5 Å². The first kappa shape index (κ1) is 24.5. The van der Waals surface area contributed by atoms with E-state index in [4.69, 9.17) is 0 Å². The molecule has 0 spiro atoms. The summed E-state index contributed by atoms with van der Waals surface area (Å²) in [5, 5.41) is 0. The van der Waals surface area contributed by atoms with Gasteiger partial charge in [0, 0.05) is 38.0 Å². The molecule has 0 N–H and O–H groups in total. The van der Waals surface area contributed by atoms with Gasteiger partial charge in [-0.3, -0.25) is 4.79 Å². The number of amides is 1. The molecule has 4 nitrogen and oxygen atoms in total. The van der Waals surface area contributed by atoms with Gasteiger partial charge in [0.25, 0.3) is 5.91 Å². The highest BCUT2D eigenvalue weighted by Crippen LogP contribution is 2.34. The fourth-order valence-corrected chi connectivity index (χ4v) is 4.67. The van der Waals surface area contributed by atoms with Crippen molar-refractivity contribution in [3.8, 4) is 22.3 Å². The van der Waals surface area contributed by atoms with Gasteiger partial charge in [-0.15, -0.1) is 0 Å². The maximum absolute atomic E-state index is 13.3. The molecule has 0 fully saturated rings. The molecule has 0 aliphatic rings. The monoisotopic (exact) mass is 487 g/mol. The summed E-state index contributed by atoms with van der Waals surface area (Å²) in [4.78, 5) is 19.7. The molecule has 0 atom stereocenters. The van der Waals surface area contributed by atoms with E-state index in [1.807, 2.05) is 60.2 Å². The van der Waals surface area contributed by atoms with Gasteiger partial charge in [0.2, 0.25) is 0 Å². The van der Waals surface area contributed by atoms with Crippen molar-refractivity contribution < 1.29 is 4.79 Å². The highest BCUT2D eigenvalue weighted by Gasteiger charge is 2.16. The Morgan fingerprint density at radius 3 is 2.24 bits per heavy atom. The smallest absolute Gasteiger partial charge is 0.253 e. The Labute approximate surface area is 219 Å². The maximum Gasteiger partial charge on any atom is 0.253 e. The van der Waals surface area contributed by atoms with Crippen molar-refractivity contribution in [1.82, 2.24) is 14.3 Å². The Morgan fingerprint density at radius 2 is 1.54 bits per heavy atom. The number of fused-ring (bicyclic) bond motifs is 1. The zero-order chi connectivity index (χ0) is 26.0. The number of aromatic nitrogens is 2. The Morgan fingerprint density at radius 1 is 0.838 bits per heavy atom. The summed E-state index contributed by atoms with van der Waals surface area (Å²) in [6, 6.07) is 31.1. The molecular weight excluding hydrogens is 454 g/mol. The number of carbonyl (C=O) groups is 1. The number of likely N-dealkylation sites (N-methyl/N-ethyl adjacent to an activating group) is 1. The second kappa shape index (κ2) is 10.1. The van der Waals surface area contributed by atoms with Crippen molar-refractivity contribution in [3.63, 3.8) is 0 Å². The van der Waals surface area contributed by atoms with Gasteiger partial charge in [-0.1, -0.05) is 87.5 Å². The highest BCUT2D eigenvalue weighted by atomic mass is 16.2. The Kier molecular flexibility index (Phi) is 6.66. The molecule has 1 amide bonds. The number of hydrogen-bond acceptors (Lipinski definition) is 2. The first-order valence-electron chi connectivity index (χ1n) is 12.8. The fraction of sp³-hybridized carbons (Fsp3) is 0.212. The summed E-state index contributed by atoms with van der Waals surface area (Å²) in [6.45, 7) is 7.29. The minimum Gasteiger partial charge on any atom is -0.341 e. The van der Waals surface area contributed by atoms with Gasteiger partial charge in [-0.05, 0) is 57.5 Å². The molecule has 37 heavy (non-hydrogen) atoms. The number of nitrogens with zero attached hydrogens (tertiary/aromatic N) is 3. The minimum atomic E-state index is 0.0117. The van der Waals surface area contributed by atoms with Crippen LogP contribution in [0.4, 0.5) is 0 Å². The van der Waals surface area contributed by atoms with E-state index < -0.39 is 0 Å². The number of benzene rings is 3. The number of carbonyl (C=O) groups excluding carboxylic acids is 1. The lowest BCUT2D eigenvalue weighted by Crippen LogP contribution is -2.28. The number of imidazole rings is 1. The molecule has 0 unspecified atom stereocenters. The molecule has 0 aliphatic carbocycles. The van der Waals surface area contributed by atoms with Crippen molar-refractivity contribution >= 4 is 11.6 Å². The van der Waals surface area contributed by atoms with E-state index in [2.05, 4.69) is 80.4 Å². The summed E-state index contributed by atoms with van der Waals surface area (Å²) < 4.78 is 2.01. The van der Waals surface area contributed by atoms with E-state index in [1.54, 1.807) is 4.90 Å². The van der Waals surface area contributed by atoms with E-state index in [9.17, 15) is 4.79 Å². The summed E-state index contributed by atoms with van der Waals surface area (Å²) in [6.07, 6.45) is 4.72. The predicted octanol–water partition coefficient (Wildman–Crippen LogP) is 7.28. The average molecular weight is 488 g/mol. The number of hydrogen-bond donors (Lipinski definition) is 0. The van der Waals surface area contributed by atoms with Crippen molar-refractivity contribution in [3.05, 3.63) is 120 Å². The lowest BCUT2D eigenvalue weighted by molar-refractivity contribution is 0.0796.